The van der Waals surface area contributed by atoms with Crippen LogP contribution in [0.3, 0.4) is 0 Å². The fourth-order valence-electron chi connectivity index (χ4n) is 2.14. The van der Waals surface area contributed by atoms with Gasteiger partial charge in [-0.1, -0.05) is 12.1 Å². The maximum atomic E-state index is 5.60. The summed E-state index contributed by atoms with van der Waals surface area (Å²) in [6, 6.07) is 8.52. The first-order chi connectivity index (χ1) is 8.29. The van der Waals surface area contributed by atoms with Gasteiger partial charge in [0.15, 0.2) is 0 Å². The van der Waals surface area contributed by atoms with Crippen LogP contribution in [0.15, 0.2) is 24.3 Å². The third-order valence-corrected chi connectivity index (χ3v) is 3.27. The van der Waals surface area contributed by atoms with Crippen LogP contribution in [-0.4, -0.2) is 26.4 Å². The maximum Gasteiger partial charge on any atom is 0.119 e. The second kappa shape index (κ2) is 6.03. The van der Waals surface area contributed by atoms with Crippen LogP contribution in [0.25, 0.3) is 0 Å². The molecule has 1 aliphatic rings. The topological polar surface area (TPSA) is 30.5 Å². The smallest absolute Gasteiger partial charge is 0.119 e. The van der Waals surface area contributed by atoms with Crippen molar-refractivity contribution >= 4 is 0 Å². The van der Waals surface area contributed by atoms with Gasteiger partial charge in [-0.3, -0.25) is 0 Å². The quantitative estimate of drug-likeness (QED) is 0.850. The molecule has 1 heterocycles. The van der Waals surface area contributed by atoms with Gasteiger partial charge < -0.3 is 14.8 Å². The lowest BCUT2D eigenvalue weighted by Gasteiger charge is -2.17. The summed E-state index contributed by atoms with van der Waals surface area (Å²) in [5.74, 6) is 0.910. The van der Waals surface area contributed by atoms with Gasteiger partial charge in [-0.25, -0.2) is 0 Å². The Labute approximate surface area is 103 Å². The minimum absolute atomic E-state index is 0.328. The van der Waals surface area contributed by atoms with Crippen molar-refractivity contribution in [1.82, 2.24) is 5.32 Å². The van der Waals surface area contributed by atoms with Crippen molar-refractivity contribution in [3.05, 3.63) is 29.8 Å². The Balaban J connectivity index is 1.87. The number of methoxy groups -OCH3 is 1. The summed E-state index contributed by atoms with van der Waals surface area (Å²) in [5, 5.41) is 3.51. The van der Waals surface area contributed by atoms with E-state index in [1.165, 1.54) is 18.4 Å². The second-order valence-electron chi connectivity index (χ2n) is 4.54. The first-order valence-corrected chi connectivity index (χ1v) is 6.28. The standard InChI is InChI=1S/C14H21NO2/c1-11(15-10-14-7-4-8-17-14)12-5-3-6-13(9-12)16-2/h3,5-6,9,11,14-15H,4,7-8,10H2,1-2H3/t11-,14+/m0/s1. The zero-order valence-corrected chi connectivity index (χ0v) is 10.6. The van der Waals surface area contributed by atoms with Crippen LogP contribution in [0.1, 0.15) is 31.4 Å². The number of ether oxygens (including phenoxy) is 2. The van der Waals surface area contributed by atoms with Crippen molar-refractivity contribution in [2.24, 2.45) is 0 Å². The minimum atomic E-state index is 0.328. The highest BCUT2D eigenvalue weighted by Crippen LogP contribution is 2.19. The van der Waals surface area contributed by atoms with Crippen LogP contribution in [-0.2, 0) is 4.74 Å². The lowest BCUT2D eigenvalue weighted by atomic mass is 10.1. The van der Waals surface area contributed by atoms with Gasteiger partial charge in [0.2, 0.25) is 0 Å². The molecule has 94 valence electrons. The molecule has 0 aromatic heterocycles. The number of benzene rings is 1. The van der Waals surface area contributed by atoms with Gasteiger partial charge in [0, 0.05) is 19.2 Å². The van der Waals surface area contributed by atoms with Crippen LogP contribution in [0.2, 0.25) is 0 Å². The molecule has 0 bridgehead atoms. The highest BCUT2D eigenvalue weighted by molar-refractivity contribution is 5.30. The van der Waals surface area contributed by atoms with Crippen LogP contribution in [0.4, 0.5) is 0 Å². The van der Waals surface area contributed by atoms with Crippen LogP contribution < -0.4 is 10.1 Å². The fourth-order valence-corrected chi connectivity index (χ4v) is 2.14. The van der Waals surface area contributed by atoms with Crippen LogP contribution >= 0.6 is 0 Å². The van der Waals surface area contributed by atoms with E-state index in [1.54, 1.807) is 7.11 Å². The first kappa shape index (κ1) is 12.4. The minimum Gasteiger partial charge on any atom is -0.497 e. The number of rotatable bonds is 5. The van der Waals surface area contributed by atoms with E-state index in [-0.39, 0.29) is 0 Å². The Morgan fingerprint density at radius 2 is 2.41 bits per heavy atom. The SMILES string of the molecule is COc1cccc([C@H](C)NC[C@H]2CCCO2)c1. The Bertz CT molecular complexity index is 348. The summed E-state index contributed by atoms with van der Waals surface area (Å²) < 4.78 is 10.8. The van der Waals surface area contributed by atoms with E-state index in [2.05, 4.69) is 24.4 Å². The van der Waals surface area contributed by atoms with E-state index in [1.807, 2.05) is 12.1 Å². The Morgan fingerprint density at radius 1 is 1.53 bits per heavy atom. The van der Waals surface area contributed by atoms with E-state index < -0.39 is 0 Å². The van der Waals surface area contributed by atoms with E-state index in [4.69, 9.17) is 9.47 Å². The van der Waals surface area contributed by atoms with E-state index >= 15 is 0 Å². The molecule has 0 amide bonds. The lowest BCUT2D eigenvalue weighted by molar-refractivity contribution is 0.108. The summed E-state index contributed by atoms with van der Waals surface area (Å²) in [6.45, 7) is 4.02. The van der Waals surface area contributed by atoms with Crippen molar-refractivity contribution in [1.29, 1.82) is 0 Å². The molecule has 0 radical (unpaired) electrons. The molecule has 1 aliphatic heterocycles. The molecule has 3 heteroatoms. The van der Waals surface area contributed by atoms with Gasteiger partial charge in [0.1, 0.15) is 5.75 Å². The van der Waals surface area contributed by atoms with E-state index in [9.17, 15) is 0 Å². The van der Waals surface area contributed by atoms with Crippen molar-refractivity contribution in [3.63, 3.8) is 0 Å². The molecule has 0 aliphatic carbocycles. The van der Waals surface area contributed by atoms with Crippen molar-refractivity contribution in [3.8, 4) is 5.75 Å². The summed E-state index contributed by atoms with van der Waals surface area (Å²) in [5.41, 5.74) is 1.25. The molecular formula is C14H21NO2. The van der Waals surface area contributed by atoms with Crippen molar-refractivity contribution in [2.45, 2.75) is 31.9 Å². The molecule has 0 unspecified atom stereocenters. The summed E-state index contributed by atoms with van der Waals surface area (Å²) in [6.07, 6.45) is 2.76. The zero-order valence-electron chi connectivity index (χ0n) is 10.6. The number of hydrogen-bond acceptors (Lipinski definition) is 3. The normalized spacial score (nSPS) is 21.4. The molecule has 2 rings (SSSR count). The molecule has 2 atom stereocenters. The molecule has 1 saturated heterocycles. The van der Waals surface area contributed by atoms with Gasteiger partial charge in [-0.2, -0.15) is 0 Å². The summed E-state index contributed by atoms with van der Waals surface area (Å²) >= 11 is 0. The largest absolute Gasteiger partial charge is 0.497 e. The van der Waals surface area contributed by atoms with Gasteiger partial charge >= 0.3 is 0 Å². The maximum absolute atomic E-state index is 5.60. The molecule has 1 aromatic rings. The van der Waals surface area contributed by atoms with Gasteiger partial charge in [0.05, 0.1) is 13.2 Å². The van der Waals surface area contributed by atoms with Crippen molar-refractivity contribution < 1.29 is 9.47 Å². The monoisotopic (exact) mass is 235 g/mol. The summed E-state index contributed by atoms with van der Waals surface area (Å²) in [7, 11) is 1.70. The van der Waals surface area contributed by atoms with Gasteiger partial charge in [-0.15, -0.1) is 0 Å². The van der Waals surface area contributed by atoms with Gasteiger partial charge in [-0.05, 0) is 37.5 Å². The average molecular weight is 235 g/mol. The summed E-state index contributed by atoms with van der Waals surface area (Å²) in [4.78, 5) is 0. The number of hydrogen-bond donors (Lipinski definition) is 1. The third-order valence-electron chi connectivity index (χ3n) is 3.27. The Morgan fingerprint density at radius 3 is 3.12 bits per heavy atom. The first-order valence-electron chi connectivity index (χ1n) is 6.28. The second-order valence-corrected chi connectivity index (χ2v) is 4.54. The molecule has 0 spiro atoms. The Kier molecular flexibility index (Phi) is 4.40. The predicted octanol–water partition coefficient (Wildman–Crippen LogP) is 2.52. The lowest BCUT2D eigenvalue weighted by Crippen LogP contribution is -2.28. The van der Waals surface area contributed by atoms with E-state index in [0.717, 1.165) is 18.9 Å². The average Bonchev–Trinajstić information content (AvgIpc) is 2.89. The van der Waals surface area contributed by atoms with Crippen LogP contribution in [0, 0.1) is 0 Å². The Hall–Kier alpha value is -1.06. The highest BCUT2D eigenvalue weighted by Gasteiger charge is 2.16. The highest BCUT2D eigenvalue weighted by atomic mass is 16.5. The third kappa shape index (κ3) is 3.45. The number of nitrogens with one attached hydrogen (secondary N) is 1. The molecule has 3 nitrogen and oxygen atoms in total. The fraction of sp³-hybridized carbons (Fsp3) is 0.571. The molecule has 0 saturated carbocycles. The van der Waals surface area contributed by atoms with Crippen LogP contribution in [0.5, 0.6) is 5.75 Å². The molecule has 1 N–H and O–H groups in total. The molecule has 17 heavy (non-hydrogen) atoms. The zero-order chi connectivity index (χ0) is 12.1. The van der Waals surface area contributed by atoms with Crippen molar-refractivity contribution in [2.75, 3.05) is 20.3 Å². The van der Waals surface area contributed by atoms with E-state index in [0.29, 0.717) is 12.1 Å². The predicted molar refractivity (Wildman–Crippen MR) is 68.4 cm³/mol. The van der Waals surface area contributed by atoms with Gasteiger partial charge in [0.25, 0.3) is 0 Å². The molecule has 1 aromatic carbocycles. The molecular weight excluding hydrogens is 214 g/mol. The molecule has 1 fully saturated rings.